The van der Waals surface area contributed by atoms with E-state index in [1.54, 1.807) is 20.8 Å². The average Bonchev–Trinajstić information content (AvgIpc) is 2.57. The molecule has 0 saturated carbocycles. The second-order valence-electron chi connectivity index (χ2n) is 4.87. The van der Waals surface area contributed by atoms with Crippen LogP contribution < -0.4 is 0 Å². The monoisotopic (exact) mass is 227 g/mol. The SMILES string of the molecule is CC(C)(C)OC(=O)N1[C@H](C=O)CC[C@@H]1C=O. The quantitative estimate of drug-likeness (QED) is 0.664. The molecule has 0 aromatic heterocycles. The zero-order valence-corrected chi connectivity index (χ0v) is 9.80. The third-order valence-electron chi connectivity index (χ3n) is 2.39. The van der Waals surface area contributed by atoms with Gasteiger partial charge >= 0.3 is 6.09 Å². The lowest BCUT2D eigenvalue weighted by atomic mass is 10.2. The highest BCUT2D eigenvalue weighted by molar-refractivity contribution is 5.79. The van der Waals surface area contributed by atoms with Crippen LogP contribution in [0.25, 0.3) is 0 Å². The highest BCUT2D eigenvalue weighted by atomic mass is 16.6. The van der Waals surface area contributed by atoms with Crippen molar-refractivity contribution in [1.29, 1.82) is 0 Å². The van der Waals surface area contributed by atoms with Crippen molar-refractivity contribution in [2.45, 2.75) is 51.3 Å². The van der Waals surface area contributed by atoms with Crippen LogP contribution in [0.4, 0.5) is 4.79 Å². The first kappa shape index (κ1) is 12.7. The molecule has 0 unspecified atom stereocenters. The van der Waals surface area contributed by atoms with Crippen molar-refractivity contribution in [3.8, 4) is 0 Å². The standard InChI is InChI=1S/C11H17NO4/c1-11(2,3)16-10(15)12-8(6-13)4-5-9(12)7-14/h6-9H,4-5H2,1-3H3/t8-,9+. The summed E-state index contributed by atoms with van der Waals surface area (Å²) in [5, 5.41) is 0. The van der Waals surface area contributed by atoms with Gasteiger partial charge in [-0.2, -0.15) is 0 Å². The zero-order chi connectivity index (χ0) is 12.3. The van der Waals surface area contributed by atoms with Crippen LogP contribution in [-0.4, -0.2) is 41.3 Å². The Hall–Kier alpha value is -1.39. The van der Waals surface area contributed by atoms with E-state index >= 15 is 0 Å². The van der Waals surface area contributed by atoms with Gasteiger partial charge in [0.05, 0.1) is 12.1 Å². The lowest BCUT2D eigenvalue weighted by molar-refractivity contribution is -0.115. The van der Waals surface area contributed by atoms with Gasteiger partial charge < -0.3 is 14.3 Å². The summed E-state index contributed by atoms with van der Waals surface area (Å²) in [7, 11) is 0. The molecule has 5 heteroatoms. The average molecular weight is 227 g/mol. The summed E-state index contributed by atoms with van der Waals surface area (Å²) in [4.78, 5) is 34.6. The Labute approximate surface area is 94.7 Å². The van der Waals surface area contributed by atoms with Crippen LogP contribution >= 0.6 is 0 Å². The van der Waals surface area contributed by atoms with Gasteiger partial charge in [0.1, 0.15) is 18.2 Å². The van der Waals surface area contributed by atoms with Gasteiger partial charge in [-0.15, -0.1) is 0 Å². The van der Waals surface area contributed by atoms with Gasteiger partial charge in [0, 0.05) is 0 Å². The molecular weight excluding hydrogens is 210 g/mol. The Morgan fingerprint density at radius 2 is 1.62 bits per heavy atom. The predicted octanol–water partition coefficient (Wildman–Crippen LogP) is 1.15. The number of aldehydes is 2. The predicted molar refractivity (Wildman–Crippen MR) is 57.0 cm³/mol. The van der Waals surface area contributed by atoms with Crippen molar-refractivity contribution >= 4 is 18.7 Å². The molecule has 0 N–H and O–H groups in total. The van der Waals surface area contributed by atoms with E-state index in [9.17, 15) is 14.4 Å². The summed E-state index contributed by atoms with van der Waals surface area (Å²) in [5.74, 6) is 0. The molecule has 1 aliphatic rings. The minimum Gasteiger partial charge on any atom is -0.444 e. The Kier molecular flexibility index (Phi) is 3.67. The summed E-state index contributed by atoms with van der Waals surface area (Å²) in [6, 6.07) is -1.07. The molecule has 0 spiro atoms. The fourth-order valence-electron chi connectivity index (χ4n) is 1.72. The van der Waals surface area contributed by atoms with Crippen molar-refractivity contribution in [1.82, 2.24) is 4.90 Å². The van der Waals surface area contributed by atoms with Crippen LogP contribution in [0.5, 0.6) is 0 Å². The molecule has 1 saturated heterocycles. The smallest absolute Gasteiger partial charge is 0.411 e. The van der Waals surface area contributed by atoms with Gasteiger partial charge in [0.15, 0.2) is 0 Å². The zero-order valence-electron chi connectivity index (χ0n) is 9.80. The van der Waals surface area contributed by atoms with Crippen molar-refractivity contribution in [2.24, 2.45) is 0 Å². The number of ether oxygens (including phenoxy) is 1. The number of hydrogen-bond acceptors (Lipinski definition) is 4. The maximum Gasteiger partial charge on any atom is 0.411 e. The number of carbonyl (C=O) groups is 3. The summed E-state index contributed by atoms with van der Waals surface area (Å²) in [5.41, 5.74) is -0.624. The topological polar surface area (TPSA) is 63.7 Å². The molecule has 1 aliphatic heterocycles. The van der Waals surface area contributed by atoms with Crippen LogP contribution in [0.1, 0.15) is 33.6 Å². The minimum atomic E-state index is -0.624. The largest absolute Gasteiger partial charge is 0.444 e. The fraction of sp³-hybridized carbons (Fsp3) is 0.727. The van der Waals surface area contributed by atoms with Crippen molar-refractivity contribution in [3.05, 3.63) is 0 Å². The molecule has 0 aromatic carbocycles. The molecule has 1 rings (SSSR count). The number of likely N-dealkylation sites (tertiary alicyclic amines) is 1. The van der Waals surface area contributed by atoms with Crippen molar-refractivity contribution in [3.63, 3.8) is 0 Å². The first-order valence-electron chi connectivity index (χ1n) is 5.31. The van der Waals surface area contributed by atoms with Gasteiger partial charge in [-0.25, -0.2) is 4.79 Å². The Morgan fingerprint density at radius 1 is 1.19 bits per heavy atom. The van der Waals surface area contributed by atoms with Gasteiger partial charge in [-0.05, 0) is 33.6 Å². The number of rotatable bonds is 2. The van der Waals surface area contributed by atoms with E-state index in [-0.39, 0.29) is 0 Å². The third kappa shape index (κ3) is 2.81. The molecular formula is C11H17NO4. The molecule has 0 aliphatic carbocycles. The van der Waals surface area contributed by atoms with Crippen molar-refractivity contribution in [2.75, 3.05) is 0 Å². The maximum absolute atomic E-state index is 11.8. The Morgan fingerprint density at radius 3 is 1.94 bits per heavy atom. The molecule has 1 heterocycles. The van der Waals surface area contributed by atoms with Crippen molar-refractivity contribution < 1.29 is 19.1 Å². The summed E-state index contributed by atoms with van der Waals surface area (Å²) in [6.07, 6.45) is 1.82. The van der Waals surface area contributed by atoms with E-state index in [1.807, 2.05) is 0 Å². The molecule has 5 nitrogen and oxygen atoms in total. The van der Waals surface area contributed by atoms with Crippen LogP contribution in [0.2, 0.25) is 0 Å². The van der Waals surface area contributed by atoms with E-state index in [4.69, 9.17) is 4.74 Å². The summed E-state index contributed by atoms with van der Waals surface area (Å²) >= 11 is 0. The fourth-order valence-corrected chi connectivity index (χ4v) is 1.72. The second kappa shape index (κ2) is 4.63. The van der Waals surface area contributed by atoms with Gasteiger partial charge in [-0.3, -0.25) is 4.90 Å². The van der Waals surface area contributed by atoms with Gasteiger partial charge in [0.25, 0.3) is 0 Å². The number of hydrogen-bond donors (Lipinski definition) is 0. The normalized spacial score (nSPS) is 25.3. The number of nitrogens with zero attached hydrogens (tertiary/aromatic N) is 1. The van der Waals surface area contributed by atoms with Crippen LogP contribution in [0.3, 0.4) is 0 Å². The lowest BCUT2D eigenvalue weighted by Crippen LogP contribution is -2.45. The van der Waals surface area contributed by atoms with Gasteiger partial charge in [-0.1, -0.05) is 0 Å². The van der Waals surface area contributed by atoms with Gasteiger partial charge in [0.2, 0.25) is 0 Å². The third-order valence-corrected chi connectivity index (χ3v) is 2.39. The van der Waals surface area contributed by atoms with E-state index < -0.39 is 23.8 Å². The number of amides is 1. The van der Waals surface area contributed by atoms with Crippen LogP contribution in [-0.2, 0) is 14.3 Å². The first-order chi connectivity index (χ1) is 7.39. The maximum atomic E-state index is 11.8. The second-order valence-corrected chi connectivity index (χ2v) is 4.87. The van der Waals surface area contributed by atoms with Crippen LogP contribution in [0, 0.1) is 0 Å². The van der Waals surface area contributed by atoms with Crippen LogP contribution in [0.15, 0.2) is 0 Å². The summed E-state index contributed by atoms with van der Waals surface area (Å²) < 4.78 is 5.16. The Balaban J connectivity index is 2.77. The van der Waals surface area contributed by atoms with E-state index in [1.165, 1.54) is 4.90 Å². The Bertz CT molecular complexity index is 279. The van der Waals surface area contributed by atoms with E-state index in [0.29, 0.717) is 25.4 Å². The highest BCUT2D eigenvalue weighted by Gasteiger charge is 2.38. The number of carbonyl (C=O) groups excluding carboxylic acids is 3. The molecule has 90 valence electrons. The van der Waals surface area contributed by atoms with E-state index in [2.05, 4.69) is 0 Å². The molecule has 1 amide bonds. The molecule has 1 fully saturated rings. The highest BCUT2D eigenvalue weighted by Crippen LogP contribution is 2.24. The minimum absolute atomic E-state index is 0.520. The molecule has 16 heavy (non-hydrogen) atoms. The lowest BCUT2D eigenvalue weighted by Gasteiger charge is -2.28. The first-order valence-corrected chi connectivity index (χ1v) is 5.31. The molecule has 2 atom stereocenters. The summed E-state index contributed by atoms with van der Waals surface area (Å²) in [6.45, 7) is 5.23. The molecule has 0 aromatic rings. The molecule has 0 bridgehead atoms. The molecule has 0 radical (unpaired) electrons. The van der Waals surface area contributed by atoms with E-state index in [0.717, 1.165) is 0 Å².